The number of nitrogens with zero attached hydrogens (tertiary/aromatic N) is 5. The lowest BCUT2D eigenvalue weighted by atomic mass is 10.00. The van der Waals surface area contributed by atoms with Gasteiger partial charge in [0.1, 0.15) is 17.8 Å². The van der Waals surface area contributed by atoms with Crippen molar-refractivity contribution in [1.29, 1.82) is 0 Å². The number of anilines is 1. The second-order valence-electron chi connectivity index (χ2n) is 10.8. The van der Waals surface area contributed by atoms with Crippen molar-refractivity contribution in [3.63, 3.8) is 0 Å². The summed E-state index contributed by atoms with van der Waals surface area (Å²) in [5.41, 5.74) is 5.85. The number of carbonyl (C=O) groups is 1. The Balaban J connectivity index is 1.27. The van der Waals surface area contributed by atoms with Crippen LogP contribution < -0.4 is 19.7 Å². The average molecular weight is 651 g/mol. The fraction of sp³-hybridized carbons (Fsp3) is 0.273. The number of amides is 2. The summed E-state index contributed by atoms with van der Waals surface area (Å²) in [4.78, 5) is 23.8. The summed E-state index contributed by atoms with van der Waals surface area (Å²) in [6.45, 7) is 8.74. The van der Waals surface area contributed by atoms with Crippen LogP contribution >= 0.6 is 11.8 Å². The van der Waals surface area contributed by atoms with Crippen LogP contribution in [0.5, 0.6) is 11.5 Å². The van der Waals surface area contributed by atoms with Crippen LogP contribution in [0.2, 0.25) is 0 Å². The lowest BCUT2D eigenvalue weighted by molar-refractivity contribution is -0.274. The summed E-state index contributed by atoms with van der Waals surface area (Å²) >= 11 is 1.54. The number of nitrogens with one attached hydrogen (secondary N) is 1. The molecule has 1 saturated heterocycles. The van der Waals surface area contributed by atoms with Crippen LogP contribution in [0.15, 0.2) is 83.7 Å². The third-order valence-electron chi connectivity index (χ3n) is 7.38. The van der Waals surface area contributed by atoms with Gasteiger partial charge in [-0.2, -0.15) is 4.99 Å². The lowest BCUT2D eigenvalue weighted by Crippen LogP contribution is -2.28. The molecular formula is C33H33F3N6O3S. The molecule has 5 rings (SSSR count). The van der Waals surface area contributed by atoms with Crippen LogP contribution in [-0.4, -0.2) is 51.7 Å². The zero-order valence-corrected chi connectivity index (χ0v) is 26.7. The molecule has 0 radical (unpaired) electrons. The van der Waals surface area contributed by atoms with E-state index in [2.05, 4.69) is 49.9 Å². The highest BCUT2D eigenvalue weighted by molar-refractivity contribution is 8.14. The van der Waals surface area contributed by atoms with Gasteiger partial charge in [0.05, 0.1) is 12.8 Å². The maximum absolute atomic E-state index is 13.0. The van der Waals surface area contributed by atoms with E-state index >= 15 is 0 Å². The van der Waals surface area contributed by atoms with E-state index < -0.39 is 12.4 Å². The highest BCUT2D eigenvalue weighted by Gasteiger charge is 2.31. The Morgan fingerprint density at radius 2 is 1.72 bits per heavy atom. The molecule has 0 bridgehead atoms. The number of hydrogen-bond acceptors (Lipinski definition) is 6. The molecule has 1 aromatic heterocycles. The maximum Gasteiger partial charge on any atom is 0.573 e. The molecular weight excluding hydrogens is 617 g/mol. The third kappa shape index (κ3) is 7.71. The van der Waals surface area contributed by atoms with Crippen molar-refractivity contribution in [3.05, 3.63) is 89.9 Å². The van der Waals surface area contributed by atoms with Gasteiger partial charge in [0.15, 0.2) is 11.0 Å². The van der Waals surface area contributed by atoms with Gasteiger partial charge in [-0.25, -0.2) is 14.5 Å². The lowest BCUT2D eigenvalue weighted by Gasteiger charge is -2.23. The van der Waals surface area contributed by atoms with Gasteiger partial charge in [-0.15, -0.1) is 18.3 Å². The van der Waals surface area contributed by atoms with E-state index in [1.165, 1.54) is 47.0 Å². The topological polar surface area (TPSA) is 93.9 Å². The Bertz CT molecular complexity index is 1770. The quantitative estimate of drug-likeness (QED) is 0.206. The van der Waals surface area contributed by atoms with E-state index in [1.54, 1.807) is 7.11 Å². The molecule has 2 amide bonds. The minimum atomic E-state index is -4.76. The zero-order valence-electron chi connectivity index (χ0n) is 25.9. The first-order valence-corrected chi connectivity index (χ1v) is 15.4. The van der Waals surface area contributed by atoms with Gasteiger partial charge in [-0.1, -0.05) is 55.9 Å². The van der Waals surface area contributed by atoms with Crippen molar-refractivity contribution >= 4 is 34.2 Å². The molecule has 1 aliphatic heterocycles. The molecule has 0 aliphatic carbocycles. The van der Waals surface area contributed by atoms with Gasteiger partial charge in [0.25, 0.3) is 0 Å². The largest absolute Gasteiger partial charge is 0.573 e. The number of ether oxygens (including phenoxy) is 2. The number of amidine groups is 1. The highest BCUT2D eigenvalue weighted by Crippen LogP contribution is 2.35. The van der Waals surface area contributed by atoms with E-state index in [4.69, 9.17) is 4.74 Å². The Labute approximate surface area is 269 Å². The van der Waals surface area contributed by atoms with E-state index in [-0.39, 0.29) is 11.7 Å². The molecule has 0 atom stereocenters. The monoisotopic (exact) mass is 650 g/mol. The fourth-order valence-electron chi connectivity index (χ4n) is 4.87. The van der Waals surface area contributed by atoms with E-state index in [9.17, 15) is 18.0 Å². The SMILES string of the molecule is COc1ccc(C(C)C)c(N2CCSC2=NC(=O)N/C(C)=C(\C)c2ccc(-c3ncn(-c4ccc(OC(F)(F)F)cc4)n3)cc2)c1. The summed E-state index contributed by atoms with van der Waals surface area (Å²) in [5, 5.41) is 8.00. The fourth-order valence-corrected chi connectivity index (χ4v) is 5.81. The Morgan fingerprint density at radius 1 is 1.02 bits per heavy atom. The van der Waals surface area contributed by atoms with E-state index in [1.807, 2.05) is 50.2 Å². The smallest absolute Gasteiger partial charge is 0.497 e. The van der Waals surface area contributed by atoms with Gasteiger partial charge < -0.3 is 19.7 Å². The van der Waals surface area contributed by atoms with Crippen LogP contribution in [-0.2, 0) is 0 Å². The van der Waals surface area contributed by atoms with Gasteiger partial charge in [-0.3, -0.25) is 0 Å². The van der Waals surface area contributed by atoms with Crippen molar-refractivity contribution in [2.45, 2.75) is 40.0 Å². The van der Waals surface area contributed by atoms with Crippen molar-refractivity contribution in [2.24, 2.45) is 4.99 Å². The molecule has 4 aromatic rings. The standard InChI is InChI=1S/C33H33F3N6O3S/c1-20(2)28-15-14-27(44-5)18-29(28)41-16-17-46-32(41)39-31(43)38-22(4)21(3)23-6-8-24(9-7-23)30-37-19-42(40-30)25-10-12-26(13-11-25)45-33(34,35)36/h6-15,18-20H,16-17H2,1-5H3,(H,38,43)/b22-21+,39-32?. The van der Waals surface area contributed by atoms with Crippen molar-refractivity contribution < 1.29 is 27.4 Å². The predicted octanol–water partition coefficient (Wildman–Crippen LogP) is 8.03. The van der Waals surface area contributed by atoms with E-state index in [0.29, 0.717) is 22.4 Å². The van der Waals surface area contributed by atoms with Crippen molar-refractivity contribution in [3.8, 4) is 28.6 Å². The highest BCUT2D eigenvalue weighted by atomic mass is 32.2. The summed E-state index contributed by atoms with van der Waals surface area (Å²) in [7, 11) is 1.64. The first-order valence-electron chi connectivity index (χ1n) is 14.5. The predicted molar refractivity (Wildman–Crippen MR) is 175 cm³/mol. The third-order valence-corrected chi connectivity index (χ3v) is 8.34. The van der Waals surface area contributed by atoms with Crippen LogP contribution in [0.25, 0.3) is 22.6 Å². The molecule has 9 nitrogen and oxygen atoms in total. The van der Waals surface area contributed by atoms with Crippen LogP contribution in [0.3, 0.4) is 0 Å². The normalized spacial score (nSPS) is 14.9. The molecule has 13 heteroatoms. The minimum absolute atomic E-state index is 0.287. The molecule has 0 unspecified atom stereocenters. The Kier molecular flexibility index (Phi) is 9.71. The van der Waals surface area contributed by atoms with Crippen LogP contribution in [0.1, 0.15) is 44.7 Å². The molecule has 1 fully saturated rings. The number of hydrogen-bond donors (Lipinski definition) is 1. The molecule has 2 heterocycles. The molecule has 1 N–H and O–H groups in total. The maximum atomic E-state index is 13.0. The Morgan fingerprint density at radius 3 is 2.37 bits per heavy atom. The number of allylic oxidation sites excluding steroid dienone is 2. The molecule has 240 valence electrons. The molecule has 46 heavy (non-hydrogen) atoms. The average Bonchev–Trinajstić information content (AvgIpc) is 3.70. The first-order chi connectivity index (χ1) is 21.9. The number of rotatable bonds is 8. The number of carbonyl (C=O) groups excluding carboxylic acids is 1. The van der Waals surface area contributed by atoms with Gasteiger partial charge in [0.2, 0.25) is 0 Å². The number of aromatic nitrogens is 3. The molecule has 1 aliphatic rings. The Hall–Kier alpha value is -4.78. The van der Waals surface area contributed by atoms with Crippen LogP contribution in [0, 0.1) is 0 Å². The molecule has 0 saturated carbocycles. The summed E-state index contributed by atoms with van der Waals surface area (Å²) in [6, 6.07) is 18.4. The first kappa shape index (κ1) is 32.6. The summed E-state index contributed by atoms with van der Waals surface area (Å²) in [6.07, 6.45) is -3.27. The number of thioether (sulfide) groups is 1. The van der Waals surface area contributed by atoms with Gasteiger partial charge >= 0.3 is 12.4 Å². The molecule has 0 spiro atoms. The number of benzene rings is 3. The van der Waals surface area contributed by atoms with Crippen molar-refractivity contribution in [1.82, 2.24) is 20.1 Å². The number of halogens is 3. The van der Waals surface area contributed by atoms with E-state index in [0.717, 1.165) is 46.0 Å². The summed E-state index contributed by atoms with van der Waals surface area (Å²) in [5.74, 6) is 1.98. The number of methoxy groups -OCH3 is 1. The molecule has 3 aromatic carbocycles. The van der Waals surface area contributed by atoms with Crippen molar-refractivity contribution in [2.75, 3.05) is 24.3 Å². The van der Waals surface area contributed by atoms with Crippen LogP contribution in [0.4, 0.5) is 23.7 Å². The van der Waals surface area contributed by atoms with Gasteiger partial charge in [-0.05, 0) is 66.8 Å². The number of urea groups is 1. The second kappa shape index (κ2) is 13.7. The second-order valence-corrected chi connectivity index (χ2v) is 11.8. The minimum Gasteiger partial charge on any atom is -0.497 e. The summed E-state index contributed by atoms with van der Waals surface area (Å²) < 4.78 is 48.2. The number of alkyl halides is 3. The zero-order chi connectivity index (χ0) is 33.0. The van der Waals surface area contributed by atoms with Gasteiger partial charge in [0, 0.05) is 35.3 Å². The number of aliphatic imine (C=N–C) groups is 1.